The zero-order valence-electron chi connectivity index (χ0n) is 15.5. The third kappa shape index (κ3) is 4.07. The molecule has 1 aromatic carbocycles. The minimum Gasteiger partial charge on any atom is -0.375 e. The molecule has 6 heteroatoms. The molecule has 0 unspecified atom stereocenters. The molecule has 1 N–H and O–H groups in total. The molecule has 2 aliphatic rings. The van der Waals surface area contributed by atoms with Crippen LogP contribution in [0.4, 0.5) is 0 Å². The lowest BCUT2D eigenvalue weighted by molar-refractivity contribution is -0.131. The molecule has 2 aromatic rings. The fraction of sp³-hybridized carbons (Fsp3) is 0.600. The van der Waals surface area contributed by atoms with Gasteiger partial charge in [-0.1, -0.05) is 6.07 Å². The summed E-state index contributed by atoms with van der Waals surface area (Å²) in [4.78, 5) is 25.0. The number of imidazole rings is 1. The van der Waals surface area contributed by atoms with Crippen LogP contribution in [0.3, 0.4) is 0 Å². The Morgan fingerprint density at radius 3 is 2.96 bits per heavy atom. The van der Waals surface area contributed by atoms with Gasteiger partial charge in [0.1, 0.15) is 5.82 Å². The summed E-state index contributed by atoms with van der Waals surface area (Å²) in [7, 11) is 0. The Bertz CT molecular complexity index is 766. The number of hydrogen-bond acceptors (Lipinski definition) is 4. The van der Waals surface area contributed by atoms with Crippen LogP contribution in [0.2, 0.25) is 0 Å². The fourth-order valence-corrected chi connectivity index (χ4v) is 4.07. The number of H-pyrrole nitrogens is 1. The van der Waals surface area contributed by atoms with Crippen molar-refractivity contribution in [3.05, 3.63) is 29.6 Å². The lowest BCUT2D eigenvalue weighted by atomic mass is 10.1. The number of aryl methyl sites for hydroxylation is 1. The monoisotopic (exact) mass is 356 g/mol. The van der Waals surface area contributed by atoms with Crippen LogP contribution in [0.5, 0.6) is 0 Å². The zero-order chi connectivity index (χ0) is 17.9. The van der Waals surface area contributed by atoms with Crippen molar-refractivity contribution in [2.75, 3.05) is 39.3 Å². The number of likely N-dealkylation sites (tertiary alicyclic amines) is 1. The number of fused-ring (bicyclic) bond motifs is 1. The first kappa shape index (κ1) is 17.5. The first-order chi connectivity index (χ1) is 12.7. The first-order valence-electron chi connectivity index (χ1n) is 9.74. The van der Waals surface area contributed by atoms with Gasteiger partial charge in [-0.05, 0) is 57.0 Å². The predicted molar refractivity (Wildman–Crippen MR) is 101 cm³/mol. The molecule has 2 saturated heterocycles. The Balaban J connectivity index is 1.39. The highest BCUT2D eigenvalue weighted by Crippen LogP contribution is 2.16. The number of nitrogens with zero attached hydrogens (tertiary/aromatic N) is 3. The summed E-state index contributed by atoms with van der Waals surface area (Å²) in [5.41, 5.74) is 2.99. The van der Waals surface area contributed by atoms with E-state index < -0.39 is 0 Å². The molecule has 4 rings (SSSR count). The van der Waals surface area contributed by atoms with Gasteiger partial charge in [0.15, 0.2) is 0 Å². The van der Waals surface area contributed by atoms with E-state index in [9.17, 15) is 4.79 Å². The lowest BCUT2D eigenvalue weighted by Crippen LogP contribution is -2.42. The molecule has 1 amide bonds. The van der Waals surface area contributed by atoms with E-state index in [2.05, 4.69) is 14.9 Å². The topological polar surface area (TPSA) is 61.5 Å². The van der Waals surface area contributed by atoms with Gasteiger partial charge in [-0.3, -0.25) is 4.79 Å². The van der Waals surface area contributed by atoms with Gasteiger partial charge in [-0.2, -0.15) is 0 Å². The van der Waals surface area contributed by atoms with E-state index in [0.29, 0.717) is 13.0 Å². The van der Waals surface area contributed by atoms with E-state index in [1.165, 1.54) is 12.8 Å². The van der Waals surface area contributed by atoms with Crippen molar-refractivity contribution < 1.29 is 9.53 Å². The number of amides is 1. The third-order valence-electron chi connectivity index (χ3n) is 5.38. The van der Waals surface area contributed by atoms with Crippen LogP contribution in [0.15, 0.2) is 18.2 Å². The quantitative estimate of drug-likeness (QED) is 0.912. The van der Waals surface area contributed by atoms with E-state index in [1.807, 2.05) is 30.0 Å². The van der Waals surface area contributed by atoms with Crippen molar-refractivity contribution in [3.63, 3.8) is 0 Å². The maximum Gasteiger partial charge on any atom is 0.227 e. The molecule has 140 valence electrons. The van der Waals surface area contributed by atoms with Gasteiger partial charge in [0.05, 0.1) is 23.6 Å². The number of aromatic nitrogens is 2. The van der Waals surface area contributed by atoms with Gasteiger partial charge >= 0.3 is 0 Å². The molecule has 1 aromatic heterocycles. The largest absolute Gasteiger partial charge is 0.375 e. The molecular weight excluding hydrogens is 328 g/mol. The number of ether oxygens (including phenoxy) is 1. The standard InChI is InChI=1S/C20H28N4O2/c1-15-21-18-6-5-16(11-19(18)22-15)12-20(25)24-9-4-10-26-17(14-24)13-23-7-2-3-8-23/h5-6,11,17H,2-4,7-10,12-14H2,1H3,(H,21,22)/t17-/m1/s1. The molecule has 0 radical (unpaired) electrons. The minimum atomic E-state index is 0.136. The van der Waals surface area contributed by atoms with Crippen molar-refractivity contribution in [1.82, 2.24) is 19.8 Å². The number of nitrogens with one attached hydrogen (secondary N) is 1. The van der Waals surface area contributed by atoms with E-state index in [1.54, 1.807) is 0 Å². The molecule has 6 nitrogen and oxygen atoms in total. The fourth-order valence-electron chi connectivity index (χ4n) is 4.07. The van der Waals surface area contributed by atoms with Gasteiger partial charge in [-0.15, -0.1) is 0 Å². The predicted octanol–water partition coefficient (Wildman–Crippen LogP) is 2.13. The number of carbonyl (C=O) groups excluding carboxylic acids is 1. The Kier molecular flexibility index (Phi) is 5.22. The van der Waals surface area contributed by atoms with Crippen molar-refractivity contribution in [2.24, 2.45) is 0 Å². The van der Waals surface area contributed by atoms with Crippen LogP contribution in [0.1, 0.15) is 30.7 Å². The summed E-state index contributed by atoms with van der Waals surface area (Å²) in [6, 6.07) is 6.04. The van der Waals surface area contributed by atoms with Gasteiger partial charge in [0.2, 0.25) is 5.91 Å². The average Bonchev–Trinajstić information content (AvgIpc) is 3.18. The minimum absolute atomic E-state index is 0.136. The van der Waals surface area contributed by atoms with Crippen molar-refractivity contribution in [2.45, 2.75) is 38.7 Å². The van der Waals surface area contributed by atoms with E-state index in [4.69, 9.17) is 4.74 Å². The Morgan fingerprint density at radius 1 is 1.27 bits per heavy atom. The second-order valence-corrected chi connectivity index (χ2v) is 7.54. The summed E-state index contributed by atoms with van der Waals surface area (Å²) in [5.74, 6) is 1.09. The Hall–Kier alpha value is -1.92. The molecule has 0 aliphatic carbocycles. The van der Waals surface area contributed by atoms with Crippen LogP contribution in [-0.2, 0) is 16.0 Å². The van der Waals surface area contributed by atoms with Crippen LogP contribution in [0.25, 0.3) is 11.0 Å². The highest BCUT2D eigenvalue weighted by molar-refractivity contribution is 5.82. The van der Waals surface area contributed by atoms with Gasteiger partial charge in [0, 0.05) is 26.2 Å². The maximum atomic E-state index is 12.9. The average molecular weight is 356 g/mol. The van der Waals surface area contributed by atoms with Crippen molar-refractivity contribution in [3.8, 4) is 0 Å². The number of aromatic amines is 1. The zero-order valence-corrected chi connectivity index (χ0v) is 15.5. The summed E-state index contributed by atoms with van der Waals surface area (Å²) < 4.78 is 6.01. The van der Waals surface area contributed by atoms with Crippen LogP contribution < -0.4 is 0 Å². The van der Waals surface area contributed by atoms with Gasteiger partial charge in [0.25, 0.3) is 0 Å². The number of benzene rings is 1. The highest BCUT2D eigenvalue weighted by atomic mass is 16.5. The molecule has 2 fully saturated rings. The first-order valence-corrected chi connectivity index (χ1v) is 9.74. The second kappa shape index (κ2) is 7.76. The van der Waals surface area contributed by atoms with E-state index in [0.717, 1.165) is 61.6 Å². The molecule has 3 heterocycles. The number of carbonyl (C=O) groups is 1. The molecule has 26 heavy (non-hydrogen) atoms. The van der Waals surface area contributed by atoms with Crippen LogP contribution in [-0.4, -0.2) is 71.1 Å². The van der Waals surface area contributed by atoms with E-state index >= 15 is 0 Å². The molecule has 0 spiro atoms. The normalized spacial score (nSPS) is 22.0. The van der Waals surface area contributed by atoms with Crippen molar-refractivity contribution in [1.29, 1.82) is 0 Å². The van der Waals surface area contributed by atoms with Crippen molar-refractivity contribution >= 4 is 16.9 Å². The van der Waals surface area contributed by atoms with Crippen LogP contribution in [0, 0.1) is 6.92 Å². The van der Waals surface area contributed by atoms with Gasteiger partial charge in [-0.25, -0.2) is 4.98 Å². The Labute approximate surface area is 154 Å². The summed E-state index contributed by atoms with van der Waals surface area (Å²) in [5, 5.41) is 0. The smallest absolute Gasteiger partial charge is 0.227 e. The maximum absolute atomic E-state index is 12.9. The van der Waals surface area contributed by atoms with E-state index in [-0.39, 0.29) is 12.0 Å². The Morgan fingerprint density at radius 2 is 2.12 bits per heavy atom. The molecule has 2 aliphatic heterocycles. The summed E-state index contributed by atoms with van der Waals surface area (Å²) in [6.07, 6.45) is 4.05. The second-order valence-electron chi connectivity index (χ2n) is 7.54. The summed E-state index contributed by atoms with van der Waals surface area (Å²) >= 11 is 0. The molecule has 0 bridgehead atoms. The number of hydrogen-bond donors (Lipinski definition) is 1. The molecular formula is C20H28N4O2. The molecule has 1 atom stereocenters. The molecule has 0 saturated carbocycles. The number of rotatable bonds is 4. The van der Waals surface area contributed by atoms with Gasteiger partial charge < -0.3 is 19.5 Å². The highest BCUT2D eigenvalue weighted by Gasteiger charge is 2.25. The van der Waals surface area contributed by atoms with Crippen LogP contribution >= 0.6 is 0 Å². The lowest BCUT2D eigenvalue weighted by Gasteiger charge is -2.27. The third-order valence-corrected chi connectivity index (χ3v) is 5.38. The SMILES string of the molecule is Cc1nc2ccc(CC(=O)N3CCCO[C@H](CN4CCCC4)C3)cc2[nH]1. The summed E-state index contributed by atoms with van der Waals surface area (Å²) in [6.45, 7) is 7.48.